The highest BCUT2D eigenvalue weighted by Gasteiger charge is 1.98. The molecule has 4 heteroatoms. The van der Waals surface area contributed by atoms with Gasteiger partial charge in [0.2, 0.25) is 0 Å². The molecule has 0 fully saturated rings. The molecular formula is C11H10BrN3. The first-order chi connectivity index (χ1) is 7.25. The van der Waals surface area contributed by atoms with Gasteiger partial charge >= 0.3 is 0 Å². The number of nitrogens with zero attached hydrogens (tertiary/aromatic N) is 1. The van der Waals surface area contributed by atoms with E-state index in [-0.39, 0.29) is 0 Å². The molecule has 2 rings (SSSR count). The molecule has 0 saturated heterocycles. The van der Waals surface area contributed by atoms with Crippen molar-refractivity contribution in [3.8, 4) is 0 Å². The van der Waals surface area contributed by atoms with E-state index in [1.165, 1.54) is 0 Å². The van der Waals surface area contributed by atoms with Gasteiger partial charge < -0.3 is 11.1 Å². The third kappa shape index (κ3) is 2.47. The van der Waals surface area contributed by atoms with Crippen molar-refractivity contribution in [1.29, 1.82) is 0 Å². The Bertz CT molecular complexity index is 454. The highest BCUT2D eigenvalue weighted by atomic mass is 79.9. The number of aromatic nitrogens is 1. The largest absolute Gasteiger partial charge is 0.396 e. The number of hydrogen-bond donors (Lipinski definition) is 2. The fraction of sp³-hybridized carbons (Fsp3) is 0. The minimum atomic E-state index is 0.639. The molecule has 0 aliphatic carbocycles. The summed E-state index contributed by atoms with van der Waals surface area (Å²) in [6, 6.07) is 9.74. The first-order valence-corrected chi connectivity index (χ1v) is 5.27. The monoisotopic (exact) mass is 263 g/mol. The number of nitrogens with two attached hydrogens (primary N) is 1. The zero-order chi connectivity index (χ0) is 10.7. The van der Waals surface area contributed by atoms with E-state index in [1.54, 1.807) is 12.4 Å². The maximum absolute atomic E-state index is 5.76. The maximum atomic E-state index is 5.76. The third-order valence-electron chi connectivity index (χ3n) is 1.98. The summed E-state index contributed by atoms with van der Waals surface area (Å²) >= 11 is 3.38. The highest BCUT2D eigenvalue weighted by molar-refractivity contribution is 9.10. The van der Waals surface area contributed by atoms with Crippen molar-refractivity contribution in [2.75, 3.05) is 11.1 Å². The molecule has 0 aliphatic heterocycles. The Hall–Kier alpha value is -1.55. The van der Waals surface area contributed by atoms with Crippen LogP contribution in [0, 0.1) is 0 Å². The van der Waals surface area contributed by atoms with E-state index in [1.807, 2.05) is 30.3 Å². The summed E-state index contributed by atoms with van der Waals surface area (Å²) in [7, 11) is 0. The second kappa shape index (κ2) is 4.31. The molecule has 3 nitrogen and oxygen atoms in total. The minimum absolute atomic E-state index is 0.639. The number of hydrogen-bond acceptors (Lipinski definition) is 3. The average molecular weight is 264 g/mol. The lowest BCUT2D eigenvalue weighted by atomic mass is 10.3. The average Bonchev–Trinajstić information content (AvgIpc) is 2.25. The standard InChI is InChI=1S/C11H10BrN3/c12-8-1-3-9(4-2-8)15-11-5-6-14-7-10(11)13/h1-7H,13H2,(H,14,15). The van der Waals surface area contributed by atoms with Crippen molar-refractivity contribution in [2.24, 2.45) is 0 Å². The molecule has 3 N–H and O–H groups in total. The van der Waals surface area contributed by atoms with E-state index < -0.39 is 0 Å². The van der Waals surface area contributed by atoms with E-state index in [2.05, 4.69) is 26.2 Å². The van der Waals surface area contributed by atoms with E-state index in [0.29, 0.717) is 5.69 Å². The van der Waals surface area contributed by atoms with Crippen molar-refractivity contribution < 1.29 is 0 Å². The van der Waals surface area contributed by atoms with Gasteiger partial charge in [-0.15, -0.1) is 0 Å². The number of rotatable bonds is 2. The van der Waals surface area contributed by atoms with Gasteiger partial charge in [0.1, 0.15) is 0 Å². The first-order valence-electron chi connectivity index (χ1n) is 4.48. The normalized spacial score (nSPS) is 9.93. The number of benzene rings is 1. The molecule has 0 aliphatic rings. The second-order valence-electron chi connectivity index (χ2n) is 3.09. The topological polar surface area (TPSA) is 50.9 Å². The van der Waals surface area contributed by atoms with Gasteiger partial charge in [-0.05, 0) is 30.3 Å². The molecule has 0 radical (unpaired) electrons. The van der Waals surface area contributed by atoms with E-state index >= 15 is 0 Å². The first kappa shape index (κ1) is 9.98. The lowest BCUT2D eigenvalue weighted by Gasteiger charge is -2.08. The fourth-order valence-corrected chi connectivity index (χ4v) is 1.47. The highest BCUT2D eigenvalue weighted by Crippen LogP contribution is 2.22. The van der Waals surface area contributed by atoms with E-state index in [0.717, 1.165) is 15.8 Å². The van der Waals surface area contributed by atoms with Crippen LogP contribution in [0.3, 0.4) is 0 Å². The van der Waals surface area contributed by atoms with Gasteiger partial charge in [-0.3, -0.25) is 4.98 Å². The summed E-state index contributed by atoms with van der Waals surface area (Å²) < 4.78 is 1.05. The molecule has 0 saturated carbocycles. The SMILES string of the molecule is Nc1cnccc1Nc1ccc(Br)cc1. The van der Waals surface area contributed by atoms with Crippen LogP contribution in [-0.4, -0.2) is 4.98 Å². The molecule has 2 aromatic rings. The number of nitrogens with one attached hydrogen (secondary N) is 1. The lowest BCUT2D eigenvalue weighted by molar-refractivity contribution is 1.33. The van der Waals surface area contributed by atoms with Gasteiger partial charge in [0, 0.05) is 16.4 Å². The Kier molecular flexibility index (Phi) is 2.87. The van der Waals surface area contributed by atoms with Crippen LogP contribution in [0.2, 0.25) is 0 Å². The van der Waals surface area contributed by atoms with Crippen LogP contribution in [0.1, 0.15) is 0 Å². The van der Waals surface area contributed by atoms with Gasteiger partial charge in [-0.25, -0.2) is 0 Å². The molecule has 1 aromatic carbocycles. The Balaban J connectivity index is 2.22. The van der Waals surface area contributed by atoms with Gasteiger partial charge in [-0.1, -0.05) is 15.9 Å². The molecular weight excluding hydrogens is 254 g/mol. The third-order valence-corrected chi connectivity index (χ3v) is 2.50. The number of anilines is 3. The molecule has 0 amide bonds. The summed E-state index contributed by atoms with van der Waals surface area (Å²) in [5.41, 5.74) is 8.27. The van der Waals surface area contributed by atoms with Crippen molar-refractivity contribution in [2.45, 2.75) is 0 Å². The summed E-state index contributed by atoms with van der Waals surface area (Å²) in [6.07, 6.45) is 3.33. The predicted octanol–water partition coefficient (Wildman–Crippen LogP) is 3.17. The van der Waals surface area contributed by atoms with Gasteiger partial charge in [0.25, 0.3) is 0 Å². The molecule has 0 spiro atoms. The van der Waals surface area contributed by atoms with Crippen LogP contribution >= 0.6 is 15.9 Å². The zero-order valence-corrected chi connectivity index (χ0v) is 9.53. The van der Waals surface area contributed by atoms with Crippen LogP contribution in [0.15, 0.2) is 47.2 Å². The van der Waals surface area contributed by atoms with Gasteiger partial charge in [0.15, 0.2) is 0 Å². The number of nitrogen functional groups attached to an aromatic ring is 1. The van der Waals surface area contributed by atoms with E-state index in [4.69, 9.17) is 5.73 Å². The summed E-state index contributed by atoms with van der Waals surface area (Å²) in [6.45, 7) is 0. The summed E-state index contributed by atoms with van der Waals surface area (Å²) in [5, 5.41) is 3.21. The Morgan fingerprint density at radius 3 is 2.53 bits per heavy atom. The maximum Gasteiger partial charge on any atom is 0.0739 e. The Labute approximate surface area is 96.5 Å². The van der Waals surface area contributed by atoms with Crippen LogP contribution in [0.25, 0.3) is 0 Å². The lowest BCUT2D eigenvalue weighted by Crippen LogP contribution is -1.96. The van der Waals surface area contributed by atoms with E-state index in [9.17, 15) is 0 Å². The fourth-order valence-electron chi connectivity index (χ4n) is 1.21. The summed E-state index contributed by atoms with van der Waals surface area (Å²) in [4.78, 5) is 3.93. The number of pyridine rings is 1. The van der Waals surface area contributed by atoms with Crippen molar-refractivity contribution >= 4 is 33.0 Å². The molecule has 15 heavy (non-hydrogen) atoms. The summed E-state index contributed by atoms with van der Waals surface area (Å²) in [5.74, 6) is 0. The number of halogens is 1. The van der Waals surface area contributed by atoms with Crippen molar-refractivity contribution in [1.82, 2.24) is 4.98 Å². The Morgan fingerprint density at radius 2 is 1.87 bits per heavy atom. The smallest absolute Gasteiger partial charge is 0.0739 e. The minimum Gasteiger partial charge on any atom is -0.396 e. The van der Waals surface area contributed by atoms with Crippen LogP contribution in [-0.2, 0) is 0 Å². The molecule has 0 unspecified atom stereocenters. The molecule has 1 aromatic heterocycles. The van der Waals surface area contributed by atoms with Crippen LogP contribution < -0.4 is 11.1 Å². The quantitative estimate of drug-likeness (QED) is 0.875. The van der Waals surface area contributed by atoms with Crippen molar-refractivity contribution in [3.05, 3.63) is 47.2 Å². The predicted molar refractivity (Wildman–Crippen MR) is 66.1 cm³/mol. The van der Waals surface area contributed by atoms with Gasteiger partial charge in [-0.2, -0.15) is 0 Å². The molecule has 0 atom stereocenters. The Morgan fingerprint density at radius 1 is 1.13 bits per heavy atom. The molecule has 1 heterocycles. The zero-order valence-electron chi connectivity index (χ0n) is 7.94. The molecule has 0 bridgehead atoms. The van der Waals surface area contributed by atoms with Crippen LogP contribution in [0.4, 0.5) is 17.1 Å². The molecule has 76 valence electrons. The van der Waals surface area contributed by atoms with Crippen LogP contribution in [0.5, 0.6) is 0 Å². The van der Waals surface area contributed by atoms with Crippen molar-refractivity contribution in [3.63, 3.8) is 0 Å². The van der Waals surface area contributed by atoms with Gasteiger partial charge in [0.05, 0.1) is 17.6 Å². The second-order valence-corrected chi connectivity index (χ2v) is 4.01.